The number of carboxylic acid groups (broad SMARTS) is 6. The number of unbranched alkanes of at least 4 members (excludes halogenated alkanes) is 1. The Morgan fingerprint density at radius 3 is 0.758 bits per heavy atom. The third-order valence-corrected chi connectivity index (χ3v) is 1.58. The number of hydrogen-bond donors (Lipinski definition) is 7. The van der Waals surface area contributed by atoms with E-state index in [1.54, 1.807) is 0 Å². The Morgan fingerprint density at radius 2 is 0.727 bits per heavy atom. The Labute approximate surface area is 190 Å². The van der Waals surface area contributed by atoms with E-state index < -0.39 is 35.8 Å². The molecule has 0 rings (SSSR count). The van der Waals surface area contributed by atoms with Crippen LogP contribution in [-0.2, 0) is 28.8 Å². The second-order valence-electron chi connectivity index (χ2n) is 4.26. The van der Waals surface area contributed by atoms with E-state index in [2.05, 4.69) is 33.2 Å². The van der Waals surface area contributed by atoms with E-state index in [-0.39, 0.29) is 0 Å². The van der Waals surface area contributed by atoms with Crippen LogP contribution in [-0.4, -0.2) is 78.2 Å². The molecule has 0 heterocycles. The second kappa shape index (κ2) is 38.1. The number of carbonyl (C=O) groups is 6. The van der Waals surface area contributed by atoms with Gasteiger partial charge in [-0.15, -0.1) is 0 Å². The molecule has 188 valence electrons. The molecule has 0 unspecified atom stereocenters. The minimum atomic E-state index is -1.26. The third kappa shape index (κ3) is 162. The molecule has 0 saturated carbocycles. The van der Waals surface area contributed by atoms with Crippen LogP contribution in [0.1, 0.15) is 19.8 Å². The maximum Gasteiger partial charge on any atom is 0.328 e. The van der Waals surface area contributed by atoms with Crippen molar-refractivity contribution in [3.63, 3.8) is 0 Å². The molecule has 0 spiro atoms. The standard InChI is InChI=1S/C4H4O4.C4H10O.4C3H4O2/c5-3(6)1-2-4(7)8;1-2-3-4-5;4*1-2-3(4)5/h1-2H,(H,5,6)(H,7,8);5H,2-4H2,1H3;4*2H,1H2,(H,4,5)/b2-1-;;;;;. The summed E-state index contributed by atoms with van der Waals surface area (Å²) in [4.78, 5) is 56.1. The van der Waals surface area contributed by atoms with Crippen LogP contribution in [0.15, 0.2) is 62.8 Å². The van der Waals surface area contributed by atoms with E-state index >= 15 is 0 Å². The van der Waals surface area contributed by atoms with Gasteiger partial charge in [-0.2, -0.15) is 0 Å². The summed E-state index contributed by atoms with van der Waals surface area (Å²) in [6.45, 7) is 14.2. The first kappa shape index (κ1) is 42.6. The molecule has 0 radical (unpaired) electrons. The van der Waals surface area contributed by atoms with Gasteiger partial charge in [0.05, 0.1) is 0 Å². The predicted octanol–water partition coefficient (Wildman–Crippen LogP) is 1.52. The molecule has 0 aliphatic carbocycles. The molecule has 0 aromatic rings. The highest BCUT2D eigenvalue weighted by Crippen LogP contribution is 1.78. The van der Waals surface area contributed by atoms with Crippen molar-refractivity contribution in [2.45, 2.75) is 19.8 Å². The number of aliphatic hydroxyl groups excluding tert-OH is 1. The van der Waals surface area contributed by atoms with Crippen LogP contribution in [0.5, 0.6) is 0 Å². The zero-order valence-electron chi connectivity index (χ0n) is 18.0. The summed E-state index contributed by atoms with van der Waals surface area (Å²) in [5.41, 5.74) is 0. The van der Waals surface area contributed by atoms with Crippen LogP contribution < -0.4 is 0 Å². The van der Waals surface area contributed by atoms with Crippen LogP contribution in [0.4, 0.5) is 0 Å². The number of rotatable bonds is 8. The Bertz CT molecular complexity index is 556. The number of carboxylic acids is 6. The van der Waals surface area contributed by atoms with Crippen LogP contribution in [0.25, 0.3) is 0 Å². The van der Waals surface area contributed by atoms with Crippen molar-refractivity contribution >= 4 is 35.8 Å². The summed E-state index contributed by atoms with van der Waals surface area (Å²) >= 11 is 0. The van der Waals surface area contributed by atoms with E-state index in [0.717, 1.165) is 37.1 Å². The molecule has 0 atom stereocenters. The molecule has 0 fully saturated rings. The fourth-order valence-corrected chi connectivity index (χ4v) is 0.301. The number of hydrogen-bond acceptors (Lipinski definition) is 7. The lowest BCUT2D eigenvalue weighted by molar-refractivity contribution is -0.134. The summed E-state index contributed by atoms with van der Waals surface area (Å²) < 4.78 is 0. The van der Waals surface area contributed by atoms with Gasteiger partial charge >= 0.3 is 35.8 Å². The van der Waals surface area contributed by atoms with Crippen molar-refractivity contribution in [1.82, 2.24) is 0 Å². The van der Waals surface area contributed by atoms with Gasteiger partial charge in [0.2, 0.25) is 0 Å². The van der Waals surface area contributed by atoms with Gasteiger partial charge in [-0.25, -0.2) is 28.8 Å². The fraction of sp³-hybridized carbons (Fsp3) is 0.200. The van der Waals surface area contributed by atoms with E-state index in [1.165, 1.54) is 0 Å². The van der Waals surface area contributed by atoms with Crippen molar-refractivity contribution in [2.24, 2.45) is 0 Å². The highest BCUT2D eigenvalue weighted by molar-refractivity contribution is 5.89. The molecule has 0 aliphatic heterocycles. The lowest BCUT2D eigenvalue weighted by Crippen LogP contribution is -1.91. The van der Waals surface area contributed by atoms with E-state index in [0.29, 0.717) is 18.8 Å². The first-order valence-electron chi connectivity index (χ1n) is 8.29. The van der Waals surface area contributed by atoms with Crippen molar-refractivity contribution in [1.29, 1.82) is 0 Å². The SMILES string of the molecule is C=CC(=O)O.C=CC(=O)O.C=CC(=O)O.C=CC(=O)O.CCCCO.O=C(O)/C=C\C(=O)O. The fourth-order valence-electron chi connectivity index (χ4n) is 0.301. The summed E-state index contributed by atoms with van der Waals surface area (Å²) in [6.07, 6.45) is 6.49. The molecule has 0 aromatic heterocycles. The molecule has 0 aromatic carbocycles. The van der Waals surface area contributed by atoms with E-state index in [4.69, 9.17) is 35.7 Å². The summed E-state index contributed by atoms with van der Waals surface area (Å²) in [7, 11) is 0. The molecular weight excluding hydrogens is 448 g/mol. The summed E-state index contributed by atoms with van der Waals surface area (Å²) in [5, 5.41) is 54.1. The normalized spacial score (nSPS) is 7.45. The molecule has 0 bridgehead atoms. The Kier molecular flexibility index (Phi) is 49.2. The van der Waals surface area contributed by atoms with E-state index in [1.807, 2.05) is 0 Å². The van der Waals surface area contributed by atoms with Crippen LogP contribution in [0.2, 0.25) is 0 Å². The third-order valence-electron chi connectivity index (χ3n) is 1.58. The summed E-state index contributed by atoms with van der Waals surface area (Å²) in [5.74, 6) is -6.44. The molecular formula is C20H30O13. The number of aliphatic carboxylic acids is 6. The Morgan fingerprint density at radius 1 is 0.545 bits per heavy atom. The minimum absolute atomic E-state index is 0.344. The Hall–Kier alpha value is -4.52. The highest BCUT2D eigenvalue weighted by atomic mass is 16.4. The maximum atomic E-state index is 9.55. The van der Waals surface area contributed by atoms with Gasteiger partial charge in [-0.1, -0.05) is 39.7 Å². The van der Waals surface area contributed by atoms with Crippen molar-refractivity contribution in [3.8, 4) is 0 Å². The molecule has 0 aliphatic rings. The van der Waals surface area contributed by atoms with Crippen LogP contribution in [0.3, 0.4) is 0 Å². The van der Waals surface area contributed by atoms with Crippen LogP contribution >= 0.6 is 0 Å². The zero-order chi connectivity index (χ0) is 27.8. The van der Waals surface area contributed by atoms with E-state index in [9.17, 15) is 28.8 Å². The smallest absolute Gasteiger partial charge is 0.328 e. The average Bonchev–Trinajstić information content (AvgIpc) is 2.74. The lowest BCUT2D eigenvalue weighted by Gasteiger charge is -1.79. The van der Waals surface area contributed by atoms with Gasteiger partial charge in [0.25, 0.3) is 0 Å². The molecule has 0 saturated heterocycles. The largest absolute Gasteiger partial charge is 0.478 e. The molecule has 0 amide bonds. The quantitative estimate of drug-likeness (QED) is 0.245. The second-order valence-corrected chi connectivity index (χ2v) is 4.26. The van der Waals surface area contributed by atoms with Gasteiger partial charge < -0.3 is 35.7 Å². The van der Waals surface area contributed by atoms with Crippen molar-refractivity contribution < 1.29 is 64.5 Å². The van der Waals surface area contributed by atoms with Gasteiger partial charge in [0.1, 0.15) is 0 Å². The minimum Gasteiger partial charge on any atom is -0.478 e. The van der Waals surface area contributed by atoms with Crippen molar-refractivity contribution in [2.75, 3.05) is 6.61 Å². The molecule has 13 nitrogen and oxygen atoms in total. The number of aliphatic hydroxyl groups is 1. The highest BCUT2D eigenvalue weighted by Gasteiger charge is 1.88. The molecule has 13 heteroatoms. The van der Waals surface area contributed by atoms with Crippen molar-refractivity contribution in [3.05, 3.63) is 62.8 Å². The van der Waals surface area contributed by atoms with Gasteiger partial charge in [0, 0.05) is 43.1 Å². The van der Waals surface area contributed by atoms with Crippen LogP contribution in [0, 0.1) is 0 Å². The van der Waals surface area contributed by atoms with Gasteiger partial charge in [-0.3, -0.25) is 0 Å². The summed E-state index contributed by atoms with van der Waals surface area (Å²) in [6, 6.07) is 0. The maximum absolute atomic E-state index is 9.55. The Balaban J connectivity index is -0.0000000671. The lowest BCUT2D eigenvalue weighted by atomic mass is 10.4. The first-order chi connectivity index (χ1) is 15.1. The topological polar surface area (TPSA) is 244 Å². The van der Waals surface area contributed by atoms with Gasteiger partial charge in [-0.05, 0) is 6.42 Å². The first-order valence-corrected chi connectivity index (χ1v) is 8.29. The predicted molar refractivity (Wildman–Crippen MR) is 118 cm³/mol. The zero-order valence-corrected chi connectivity index (χ0v) is 18.0. The van der Waals surface area contributed by atoms with Gasteiger partial charge in [0.15, 0.2) is 0 Å². The molecule has 33 heavy (non-hydrogen) atoms. The molecule has 7 N–H and O–H groups in total. The average molecular weight is 478 g/mol. The monoisotopic (exact) mass is 478 g/mol.